The van der Waals surface area contributed by atoms with Crippen molar-refractivity contribution in [2.75, 3.05) is 6.23 Å². The standard InChI is InChI=1S/C32H43NO7Si2/c1-8-9-10-11-24(2)38-31-21-16-27(22-30(31)33(35)36)25-12-19-29(20-13-25)39-32(34)26-14-17-28(18-15-26)37-23-42(6,7)40-41(3,4)5/h12-22,24H,8-11,23H2,1-7H3. The predicted octanol–water partition coefficient (Wildman–Crippen LogP) is 8.80. The first-order valence-corrected chi connectivity index (χ1v) is 21.0. The molecule has 10 heteroatoms. The van der Waals surface area contributed by atoms with E-state index in [0.717, 1.165) is 31.2 Å². The van der Waals surface area contributed by atoms with E-state index in [1.165, 1.54) is 6.07 Å². The number of hydrogen-bond acceptors (Lipinski definition) is 7. The van der Waals surface area contributed by atoms with Crippen molar-refractivity contribution < 1.29 is 28.0 Å². The maximum Gasteiger partial charge on any atom is 0.343 e. The molecule has 0 bridgehead atoms. The molecular formula is C32H43NO7Si2. The molecule has 226 valence electrons. The molecule has 0 aliphatic rings. The van der Waals surface area contributed by atoms with Gasteiger partial charge in [-0.25, -0.2) is 4.79 Å². The van der Waals surface area contributed by atoms with Crippen LogP contribution in [0.2, 0.25) is 32.7 Å². The van der Waals surface area contributed by atoms with E-state index in [-0.39, 0.29) is 17.5 Å². The summed E-state index contributed by atoms with van der Waals surface area (Å²) in [5, 5.41) is 11.8. The monoisotopic (exact) mass is 609 g/mol. The number of nitro benzene ring substituents is 1. The molecule has 1 atom stereocenters. The summed E-state index contributed by atoms with van der Waals surface area (Å²) in [7, 11) is -3.60. The summed E-state index contributed by atoms with van der Waals surface area (Å²) >= 11 is 0. The van der Waals surface area contributed by atoms with Crippen molar-refractivity contribution in [1.82, 2.24) is 0 Å². The summed E-state index contributed by atoms with van der Waals surface area (Å²) in [5.74, 6) is 0.819. The molecule has 0 aliphatic carbocycles. The van der Waals surface area contributed by atoms with E-state index < -0.39 is 27.5 Å². The van der Waals surface area contributed by atoms with Gasteiger partial charge < -0.3 is 18.3 Å². The van der Waals surface area contributed by atoms with Gasteiger partial charge in [-0.1, -0.05) is 38.0 Å². The van der Waals surface area contributed by atoms with Gasteiger partial charge in [-0.15, -0.1) is 0 Å². The van der Waals surface area contributed by atoms with Gasteiger partial charge in [0, 0.05) is 6.07 Å². The first-order chi connectivity index (χ1) is 19.8. The molecule has 0 heterocycles. The fourth-order valence-corrected chi connectivity index (χ4v) is 12.0. The van der Waals surface area contributed by atoms with Gasteiger partial charge in [0.2, 0.25) is 8.32 Å². The molecule has 0 spiro atoms. The summed E-state index contributed by atoms with van der Waals surface area (Å²) < 4.78 is 23.7. The third-order valence-electron chi connectivity index (χ3n) is 6.36. The number of benzene rings is 3. The van der Waals surface area contributed by atoms with Crippen molar-refractivity contribution in [3.63, 3.8) is 0 Å². The topological polar surface area (TPSA) is 97.1 Å². The van der Waals surface area contributed by atoms with E-state index in [1.807, 2.05) is 6.92 Å². The molecular weight excluding hydrogens is 567 g/mol. The number of nitrogens with zero attached hydrogens (tertiary/aromatic N) is 1. The molecule has 0 fully saturated rings. The number of carbonyl (C=O) groups excluding carboxylic acids is 1. The second-order valence-corrected chi connectivity index (χ2v) is 20.9. The minimum atomic E-state index is -1.95. The number of hydrogen-bond donors (Lipinski definition) is 0. The summed E-state index contributed by atoms with van der Waals surface area (Å²) in [4.78, 5) is 24.1. The Morgan fingerprint density at radius 2 is 1.50 bits per heavy atom. The molecule has 3 aromatic carbocycles. The van der Waals surface area contributed by atoms with Crippen molar-refractivity contribution in [3.8, 4) is 28.4 Å². The van der Waals surface area contributed by atoms with Crippen LogP contribution in [0.4, 0.5) is 5.69 Å². The van der Waals surface area contributed by atoms with Crippen LogP contribution in [0.15, 0.2) is 66.7 Å². The fraction of sp³-hybridized carbons (Fsp3) is 0.406. The highest BCUT2D eigenvalue weighted by Gasteiger charge is 2.30. The number of ether oxygens (including phenoxy) is 3. The van der Waals surface area contributed by atoms with Crippen molar-refractivity contribution >= 4 is 28.3 Å². The Morgan fingerprint density at radius 3 is 2.10 bits per heavy atom. The van der Waals surface area contributed by atoms with Crippen molar-refractivity contribution in [2.45, 2.75) is 78.4 Å². The Morgan fingerprint density at radius 1 is 0.881 bits per heavy atom. The van der Waals surface area contributed by atoms with Gasteiger partial charge >= 0.3 is 11.7 Å². The van der Waals surface area contributed by atoms with Crippen LogP contribution < -0.4 is 14.2 Å². The zero-order valence-corrected chi connectivity index (χ0v) is 27.8. The molecule has 0 N–H and O–H groups in total. The van der Waals surface area contributed by atoms with Crippen LogP contribution in [0.3, 0.4) is 0 Å². The Labute approximate surface area is 251 Å². The molecule has 0 saturated heterocycles. The third-order valence-corrected chi connectivity index (χ3v) is 11.9. The normalized spacial score (nSPS) is 12.5. The average Bonchev–Trinajstić information content (AvgIpc) is 2.91. The van der Waals surface area contributed by atoms with Crippen LogP contribution in [0.5, 0.6) is 17.2 Å². The van der Waals surface area contributed by atoms with Crippen LogP contribution in [-0.2, 0) is 4.12 Å². The van der Waals surface area contributed by atoms with Crippen molar-refractivity contribution in [1.29, 1.82) is 0 Å². The number of unbranched alkanes of at least 4 members (excludes halogenated alkanes) is 2. The Balaban J connectivity index is 1.61. The number of esters is 1. The SMILES string of the molecule is CCCCCC(C)Oc1ccc(-c2ccc(OC(=O)c3ccc(OC[Si](C)(C)O[Si](C)(C)C)cc3)cc2)cc1[N+](=O)[O-]. The number of rotatable bonds is 15. The Bertz CT molecular complexity index is 1340. The van der Waals surface area contributed by atoms with E-state index in [2.05, 4.69) is 39.7 Å². The number of nitro groups is 1. The van der Waals surface area contributed by atoms with Gasteiger partial charge in [0.1, 0.15) is 17.7 Å². The van der Waals surface area contributed by atoms with E-state index in [0.29, 0.717) is 28.9 Å². The summed E-state index contributed by atoms with van der Waals surface area (Å²) in [6.07, 6.45) is 4.51. The lowest BCUT2D eigenvalue weighted by molar-refractivity contribution is -0.386. The molecule has 0 aromatic heterocycles. The largest absolute Gasteiger partial charge is 0.494 e. The first-order valence-electron chi connectivity index (χ1n) is 14.5. The highest BCUT2D eigenvalue weighted by atomic mass is 28.4. The first kappa shape index (κ1) is 33.0. The smallest absolute Gasteiger partial charge is 0.343 e. The van der Waals surface area contributed by atoms with Gasteiger partial charge in [-0.2, -0.15) is 0 Å². The third kappa shape index (κ3) is 10.4. The molecule has 8 nitrogen and oxygen atoms in total. The van der Waals surface area contributed by atoms with Crippen LogP contribution >= 0.6 is 0 Å². The van der Waals surface area contributed by atoms with Gasteiger partial charge in [0.25, 0.3) is 0 Å². The fourth-order valence-electron chi connectivity index (χ4n) is 4.58. The van der Waals surface area contributed by atoms with E-state index in [4.69, 9.17) is 18.3 Å². The van der Waals surface area contributed by atoms with Crippen LogP contribution in [0.25, 0.3) is 11.1 Å². The lowest BCUT2D eigenvalue weighted by Gasteiger charge is -2.31. The summed E-state index contributed by atoms with van der Waals surface area (Å²) in [6.45, 7) is 14.9. The molecule has 0 aliphatic heterocycles. The van der Waals surface area contributed by atoms with E-state index >= 15 is 0 Å². The van der Waals surface area contributed by atoms with Gasteiger partial charge in [0.05, 0.1) is 16.6 Å². The second kappa shape index (κ2) is 14.6. The molecule has 0 radical (unpaired) electrons. The molecule has 3 rings (SSSR count). The lowest BCUT2D eigenvalue weighted by Crippen LogP contribution is -2.46. The predicted molar refractivity (Wildman–Crippen MR) is 172 cm³/mol. The minimum Gasteiger partial charge on any atom is -0.494 e. The van der Waals surface area contributed by atoms with Gasteiger partial charge in [-0.3, -0.25) is 10.1 Å². The summed E-state index contributed by atoms with van der Waals surface area (Å²) in [6, 6.07) is 18.7. The maximum absolute atomic E-state index is 12.7. The highest BCUT2D eigenvalue weighted by molar-refractivity contribution is 6.84. The number of carbonyl (C=O) groups is 1. The Kier molecular flexibility index (Phi) is 11.5. The van der Waals surface area contributed by atoms with E-state index in [9.17, 15) is 14.9 Å². The lowest BCUT2D eigenvalue weighted by atomic mass is 10.0. The summed E-state index contributed by atoms with van der Waals surface area (Å²) in [5.41, 5.74) is 1.75. The molecule has 0 amide bonds. The van der Waals surface area contributed by atoms with Crippen molar-refractivity contribution in [3.05, 3.63) is 82.4 Å². The zero-order chi connectivity index (χ0) is 30.9. The molecule has 42 heavy (non-hydrogen) atoms. The van der Waals surface area contributed by atoms with Crippen LogP contribution in [0.1, 0.15) is 49.9 Å². The van der Waals surface area contributed by atoms with Crippen LogP contribution in [0, 0.1) is 10.1 Å². The average molecular weight is 610 g/mol. The zero-order valence-electron chi connectivity index (χ0n) is 25.8. The van der Waals surface area contributed by atoms with Gasteiger partial charge in [-0.05, 0) is 106 Å². The molecule has 3 aromatic rings. The highest BCUT2D eigenvalue weighted by Crippen LogP contribution is 2.34. The molecule has 0 saturated carbocycles. The molecule has 1 unspecified atom stereocenters. The second-order valence-electron chi connectivity index (χ2n) is 12.1. The quantitative estimate of drug-likeness (QED) is 0.0424. The Hall–Kier alpha value is -3.48. The minimum absolute atomic E-state index is 0.0766. The van der Waals surface area contributed by atoms with E-state index in [1.54, 1.807) is 60.7 Å². The van der Waals surface area contributed by atoms with Gasteiger partial charge in [0.15, 0.2) is 14.1 Å². The van der Waals surface area contributed by atoms with Crippen LogP contribution in [-0.4, -0.2) is 39.9 Å². The van der Waals surface area contributed by atoms with Crippen molar-refractivity contribution in [2.24, 2.45) is 0 Å². The maximum atomic E-state index is 12.7.